The number of aryl methyl sites for hydroxylation is 1. The van der Waals surface area contributed by atoms with Crippen LogP contribution in [-0.2, 0) is 13.0 Å². The second-order valence-electron chi connectivity index (χ2n) is 5.78. The molecule has 1 unspecified atom stereocenters. The Labute approximate surface area is 97.2 Å². The van der Waals surface area contributed by atoms with Crippen molar-refractivity contribution in [3.05, 3.63) is 11.6 Å². The van der Waals surface area contributed by atoms with Crippen molar-refractivity contribution in [2.45, 2.75) is 59.0 Å². The Morgan fingerprint density at radius 1 is 1.19 bits per heavy atom. The van der Waals surface area contributed by atoms with Crippen LogP contribution in [-0.4, -0.2) is 14.8 Å². The SMILES string of the molecule is CC(C)(C)C(N)c1nnc2n1CCCCC2. The lowest BCUT2D eigenvalue weighted by Crippen LogP contribution is -2.29. The van der Waals surface area contributed by atoms with E-state index in [1.165, 1.54) is 19.3 Å². The van der Waals surface area contributed by atoms with E-state index in [1.54, 1.807) is 0 Å². The van der Waals surface area contributed by atoms with E-state index in [4.69, 9.17) is 5.73 Å². The minimum atomic E-state index is -0.0353. The zero-order valence-electron chi connectivity index (χ0n) is 10.5. The minimum Gasteiger partial charge on any atom is -0.321 e. The van der Waals surface area contributed by atoms with Crippen molar-refractivity contribution in [1.29, 1.82) is 0 Å². The van der Waals surface area contributed by atoms with Gasteiger partial charge in [-0.1, -0.05) is 27.2 Å². The molecule has 1 aliphatic rings. The Bertz CT molecular complexity index is 362. The first kappa shape index (κ1) is 11.6. The number of nitrogens with two attached hydrogens (primary N) is 1. The number of nitrogens with zero attached hydrogens (tertiary/aromatic N) is 3. The Morgan fingerprint density at radius 2 is 1.94 bits per heavy atom. The normalized spacial score (nSPS) is 19.0. The molecule has 1 aromatic heterocycles. The second-order valence-corrected chi connectivity index (χ2v) is 5.78. The van der Waals surface area contributed by atoms with Crippen molar-refractivity contribution >= 4 is 0 Å². The van der Waals surface area contributed by atoms with Crippen LogP contribution in [0.25, 0.3) is 0 Å². The van der Waals surface area contributed by atoms with E-state index in [9.17, 15) is 0 Å². The van der Waals surface area contributed by atoms with Crippen LogP contribution < -0.4 is 5.73 Å². The first-order chi connectivity index (χ1) is 7.50. The Morgan fingerprint density at radius 3 is 2.62 bits per heavy atom. The number of hydrogen-bond donors (Lipinski definition) is 1. The van der Waals surface area contributed by atoms with Gasteiger partial charge in [-0.2, -0.15) is 0 Å². The summed E-state index contributed by atoms with van der Waals surface area (Å²) in [6.07, 6.45) is 4.77. The van der Waals surface area contributed by atoms with Crippen LogP contribution in [0.3, 0.4) is 0 Å². The molecule has 0 spiro atoms. The molecule has 4 heteroatoms. The summed E-state index contributed by atoms with van der Waals surface area (Å²) in [6.45, 7) is 7.48. The first-order valence-electron chi connectivity index (χ1n) is 6.17. The average molecular weight is 222 g/mol. The molecule has 1 aliphatic heterocycles. The molecule has 90 valence electrons. The largest absolute Gasteiger partial charge is 0.321 e. The molecule has 0 aliphatic carbocycles. The van der Waals surface area contributed by atoms with Gasteiger partial charge in [0, 0.05) is 13.0 Å². The summed E-state index contributed by atoms with van der Waals surface area (Å²) in [5.41, 5.74) is 6.31. The predicted octanol–water partition coefficient (Wildman–Crippen LogP) is 2.05. The molecule has 4 nitrogen and oxygen atoms in total. The van der Waals surface area contributed by atoms with Gasteiger partial charge >= 0.3 is 0 Å². The minimum absolute atomic E-state index is 0.0353. The van der Waals surface area contributed by atoms with E-state index >= 15 is 0 Å². The van der Waals surface area contributed by atoms with Gasteiger partial charge in [-0.25, -0.2) is 0 Å². The third-order valence-electron chi connectivity index (χ3n) is 3.35. The predicted molar refractivity (Wildman–Crippen MR) is 64.0 cm³/mol. The summed E-state index contributed by atoms with van der Waals surface area (Å²) in [5.74, 6) is 2.08. The summed E-state index contributed by atoms with van der Waals surface area (Å²) in [6, 6.07) is -0.0353. The van der Waals surface area contributed by atoms with Gasteiger partial charge < -0.3 is 10.3 Å². The van der Waals surface area contributed by atoms with Crippen molar-refractivity contribution in [1.82, 2.24) is 14.8 Å². The molecule has 0 saturated heterocycles. The highest BCUT2D eigenvalue weighted by molar-refractivity contribution is 5.05. The molecule has 0 bridgehead atoms. The summed E-state index contributed by atoms with van der Waals surface area (Å²) >= 11 is 0. The Kier molecular flexibility index (Phi) is 3.02. The Balaban J connectivity index is 2.32. The molecule has 16 heavy (non-hydrogen) atoms. The van der Waals surface area contributed by atoms with E-state index in [1.807, 2.05) is 0 Å². The topological polar surface area (TPSA) is 56.7 Å². The van der Waals surface area contributed by atoms with Crippen LogP contribution in [0.5, 0.6) is 0 Å². The van der Waals surface area contributed by atoms with Crippen LogP contribution in [0.2, 0.25) is 0 Å². The third kappa shape index (κ3) is 2.12. The maximum atomic E-state index is 6.27. The molecule has 0 saturated carbocycles. The van der Waals surface area contributed by atoms with Gasteiger partial charge in [0.2, 0.25) is 0 Å². The lowest BCUT2D eigenvalue weighted by atomic mass is 9.87. The van der Waals surface area contributed by atoms with Gasteiger partial charge in [-0.15, -0.1) is 10.2 Å². The highest BCUT2D eigenvalue weighted by Crippen LogP contribution is 2.30. The van der Waals surface area contributed by atoms with Gasteiger partial charge in [0.1, 0.15) is 5.82 Å². The van der Waals surface area contributed by atoms with Crippen molar-refractivity contribution in [3.63, 3.8) is 0 Å². The van der Waals surface area contributed by atoms with Crippen LogP contribution in [0.4, 0.5) is 0 Å². The van der Waals surface area contributed by atoms with Gasteiger partial charge in [-0.05, 0) is 18.3 Å². The maximum Gasteiger partial charge on any atom is 0.150 e. The van der Waals surface area contributed by atoms with Crippen molar-refractivity contribution in [3.8, 4) is 0 Å². The molecule has 2 heterocycles. The number of hydrogen-bond acceptors (Lipinski definition) is 3. The number of rotatable bonds is 1. The zero-order valence-corrected chi connectivity index (χ0v) is 10.5. The first-order valence-corrected chi connectivity index (χ1v) is 6.17. The number of aromatic nitrogens is 3. The van der Waals surface area contributed by atoms with Gasteiger partial charge in [0.05, 0.1) is 6.04 Å². The van der Waals surface area contributed by atoms with E-state index in [0.29, 0.717) is 0 Å². The lowest BCUT2D eigenvalue weighted by Gasteiger charge is -2.26. The van der Waals surface area contributed by atoms with Crippen LogP contribution in [0, 0.1) is 5.41 Å². The van der Waals surface area contributed by atoms with E-state index in [0.717, 1.165) is 24.6 Å². The van der Waals surface area contributed by atoms with Crippen molar-refractivity contribution in [2.24, 2.45) is 11.1 Å². The highest BCUT2D eigenvalue weighted by atomic mass is 15.3. The molecule has 2 rings (SSSR count). The fourth-order valence-electron chi connectivity index (χ4n) is 2.12. The fourth-order valence-corrected chi connectivity index (χ4v) is 2.12. The van der Waals surface area contributed by atoms with Crippen LogP contribution in [0.1, 0.15) is 57.7 Å². The quantitative estimate of drug-likeness (QED) is 0.791. The fraction of sp³-hybridized carbons (Fsp3) is 0.833. The Hall–Kier alpha value is -0.900. The van der Waals surface area contributed by atoms with Gasteiger partial charge in [0.15, 0.2) is 5.82 Å². The molecule has 1 aromatic rings. The zero-order chi connectivity index (χ0) is 11.8. The second kappa shape index (κ2) is 4.17. The molecule has 0 aromatic carbocycles. The summed E-state index contributed by atoms with van der Waals surface area (Å²) in [4.78, 5) is 0. The van der Waals surface area contributed by atoms with E-state index in [2.05, 4.69) is 35.5 Å². The molecular weight excluding hydrogens is 200 g/mol. The molecule has 1 atom stereocenters. The summed E-state index contributed by atoms with van der Waals surface area (Å²) < 4.78 is 2.24. The molecule has 2 N–H and O–H groups in total. The lowest BCUT2D eigenvalue weighted by molar-refractivity contribution is 0.306. The summed E-state index contributed by atoms with van der Waals surface area (Å²) in [5, 5.41) is 8.58. The van der Waals surface area contributed by atoms with Gasteiger partial charge in [-0.3, -0.25) is 0 Å². The van der Waals surface area contributed by atoms with Crippen molar-refractivity contribution < 1.29 is 0 Å². The summed E-state index contributed by atoms with van der Waals surface area (Å²) in [7, 11) is 0. The molecular formula is C12H22N4. The average Bonchev–Trinajstić information content (AvgIpc) is 2.44. The number of fused-ring (bicyclic) bond motifs is 1. The maximum absolute atomic E-state index is 6.27. The highest BCUT2D eigenvalue weighted by Gasteiger charge is 2.28. The monoisotopic (exact) mass is 222 g/mol. The van der Waals surface area contributed by atoms with Crippen LogP contribution in [0.15, 0.2) is 0 Å². The van der Waals surface area contributed by atoms with Gasteiger partial charge in [0.25, 0.3) is 0 Å². The molecule has 0 amide bonds. The van der Waals surface area contributed by atoms with Crippen LogP contribution >= 0.6 is 0 Å². The van der Waals surface area contributed by atoms with E-state index in [-0.39, 0.29) is 11.5 Å². The third-order valence-corrected chi connectivity index (χ3v) is 3.35. The smallest absolute Gasteiger partial charge is 0.150 e. The standard InChI is InChI=1S/C12H22N4/c1-12(2,3)10(13)11-15-14-9-7-5-4-6-8-16(9)11/h10H,4-8,13H2,1-3H3. The van der Waals surface area contributed by atoms with Crippen molar-refractivity contribution in [2.75, 3.05) is 0 Å². The van der Waals surface area contributed by atoms with E-state index < -0.39 is 0 Å². The molecule has 0 radical (unpaired) electrons. The molecule has 0 fully saturated rings.